The van der Waals surface area contributed by atoms with Crippen molar-refractivity contribution in [1.29, 1.82) is 0 Å². The van der Waals surface area contributed by atoms with Gasteiger partial charge in [0.25, 0.3) is 0 Å². The van der Waals surface area contributed by atoms with Crippen LogP contribution >= 0.6 is 39.1 Å². The maximum atomic E-state index is 6.73. The summed E-state index contributed by atoms with van der Waals surface area (Å²) in [6, 6.07) is 9.13. The number of pyridine rings is 1. The highest BCUT2D eigenvalue weighted by atomic mass is 79.9. The van der Waals surface area contributed by atoms with Crippen molar-refractivity contribution in [2.45, 2.75) is 6.54 Å². The summed E-state index contributed by atoms with van der Waals surface area (Å²) in [6.45, 7) is 0.281. The fourth-order valence-corrected chi connectivity index (χ4v) is 3.99. The number of benzene rings is 1. The monoisotopic (exact) mass is 485 g/mol. The fraction of sp³-hybridized carbons (Fsp3) is 0.0526. The van der Waals surface area contributed by atoms with Crippen LogP contribution < -0.4 is 0 Å². The van der Waals surface area contributed by atoms with Crippen LogP contribution in [0.5, 0.6) is 0 Å². The molecule has 4 aromatic rings. The quantitative estimate of drug-likeness (QED) is 0.415. The molecule has 5 rings (SSSR count). The summed E-state index contributed by atoms with van der Waals surface area (Å²) >= 11 is 16.7. The Morgan fingerprint density at radius 3 is 2.69 bits per heavy atom. The number of fused-ring (bicyclic) bond motifs is 3. The van der Waals surface area contributed by atoms with Gasteiger partial charge in [0.2, 0.25) is 0 Å². The maximum absolute atomic E-state index is 6.73. The van der Waals surface area contributed by atoms with Crippen LogP contribution in [0.3, 0.4) is 0 Å². The van der Waals surface area contributed by atoms with Crippen molar-refractivity contribution in [3.05, 3.63) is 80.7 Å². The molecule has 7 nitrogen and oxygen atoms in total. The van der Waals surface area contributed by atoms with Gasteiger partial charge >= 0.3 is 0 Å². The van der Waals surface area contributed by atoms with E-state index in [1.165, 1.54) is 6.33 Å². The molecule has 0 unspecified atom stereocenters. The van der Waals surface area contributed by atoms with Gasteiger partial charge < -0.3 is 0 Å². The van der Waals surface area contributed by atoms with E-state index >= 15 is 0 Å². The number of rotatable bonds is 2. The molecule has 0 aliphatic carbocycles. The summed E-state index contributed by atoms with van der Waals surface area (Å²) in [7, 11) is 0. The number of nitrogens with zero attached hydrogens (tertiary/aromatic N) is 7. The Labute approximate surface area is 183 Å². The molecule has 1 aromatic carbocycles. The van der Waals surface area contributed by atoms with E-state index in [-0.39, 0.29) is 6.54 Å². The number of aromatic nitrogens is 6. The number of aliphatic imine (C=N–C) groups is 1. The molecule has 4 heterocycles. The molecule has 1 aliphatic heterocycles. The lowest BCUT2D eigenvalue weighted by molar-refractivity contribution is 0.870. The molecule has 0 fully saturated rings. The predicted molar refractivity (Wildman–Crippen MR) is 114 cm³/mol. The minimum atomic E-state index is 0.281. The zero-order valence-corrected chi connectivity index (χ0v) is 17.7. The summed E-state index contributed by atoms with van der Waals surface area (Å²) in [5.74, 6) is 1.23. The third-order valence-electron chi connectivity index (χ3n) is 4.45. The van der Waals surface area contributed by atoms with Crippen LogP contribution in [0.2, 0.25) is 10.0 Å². The normalized spacial score (nSPS) is 12.7. The van der Waals surface area contributed by atoms with E-state index < -0.39 is 0 Å². The lowest BCUT2D eigenvalue weighted by Crippen LogP contribution is -2.11. The Morgan fingerprint density at radius 1 is 1.00 bits per heavy atom. The smallest absolute Gasteiger partial charge is 0.187 e. The van der Waals surface area contributed by atoms with Crippen LogP contribution in [-0.4, -0.2) is 35.4 Å². The third-order valence-corrected chi connectivity index (χ3v) is 6.04. The Balaban J connectivity index is 1.82. The Hall–Kier alpha value is -2.68. The molecule has 0 saturated heterocycles. The van der Waals surface area contributed by atoms with Gasteiger partial charge in [0.15, 0.2) is 11.6 Å². The molecule has 10 heteroatoms. The second-order valence-corrected chi connectivity index (χ2v) is 7.76. The molecule has 142 valence electrons. The van der Waals surface area contributed by atoms with Gasteiger partial charge in [0.1, 0.15) is 24.3 Å². The second-order valence-electron chi connectivity index (χ2n) is 6.12. The number of hydrogen-bond acceptors (Lipinski definition) is 6. The summed E-state index contributed by atoms with van der Waals surface area (Å²) < 4.78 is 2.64. The van der Waals surface area contributed by atoms with Gasteiger partial charge in [-0.1, -0.05) is 23.2 Å². The zero-order chi connectivity index (χ0) is 20.0. The van der Waals surface area contributed by atoms with Crippen LogP contribution in [-0.2, 0) is 6.54 Å². The van der Waals surface area contributed by atoms with Gasteiger partial charge in [-0.2, -0.15) is 0 Å². The van der Waals surface area contributed by atoms with E-state index in [4.69, 9.17) is 28.2 Å². The van der Waals surface area contributed by atoms with E-state index in [9.17, 15) is 0 Å². The highest BCUT2D eigenvalue weighted by molar-refractivity contribution is 9.10. The van der Waals surface area contributed by atoms with Crippen molar-refractivity contribution in [3.8, 4) is 17.2 Å². The number of halogens is 3. The van der Waals surface area contributed by atoms with Crippen molar-refractivity contribution in [2.75, 3.05) is 0 Å². The molecular weight excluding hydrogens is 477 g/mol. The largest absolute Gasteiger partial charge is 0.275 e. The van der Waals surface area contributed by atoms with Gasteiger partial charge in [-0.15, -0.1) is 10.2 Å². The topological polar surface area (TPSA) is 81.7 Å². The van der Waals surface area contributed by atoms with Crippen LogP contribution in [0.25, 0.3) is 17.2 Å². The minimum Gasteiger partial charge on any atom is -0.275 e. The van der Waals surface area contributed by atoms with Gasteiger partial charge in [-0.3, -0.25) is 14.5 Å². The van der Waals surface area contributed by atoms with Crippen molar-refractivity contribution in [2.24, 2.45) is 4.99 Å². The lowest BCUT2D eigenvalue weighted by Gasteiger charge is -2.16. The average molecular weight is 487 g/mol. The van der Waals surface area contributed by atoms with Crippen molar-refractivity contribution in [3.63, 3.8) is 0 Å². The summed E-state index contributed by atoms with van der Waals surface area (Å²) in [4.78, 5) is 17.5. The van der Waals surface area contributed by atoms with Crippen molar-refractivity contribution >= 4 is 44.8 Å². The first-order chi connectivity index (χ1) is 14.1. The van der Waals surface area contributed by atoms with E-state index in [1.54, 1.807) is 30.6 Å². The van der Waals surface area contributed by atoms with Gasteiger partial charge in [-0.05, 0) is 46.3 Å². The van der Waals surface area contributed by atoms with E-state index in [0.29, 0.717) is 44.4 Å². The standard InChI is InChI=1S/C19H10BrCl2N7/c20-10-3-4-13-15(16(10)22)18(17-11(21)2-1-6-24-17)25-8-14-27-28-19(29(13)14)12-5-7-23-9-26-12/h1-7,9H,8H2. The lowest BCUT2D eigenvalue weighted by atomic mass is 10.0. The van der Waals surface area contributed by atoms with E-state index in [2.05, 4.69) is 41.1 Å². The molecule has 0 saturated carbocycles. The molecule has 0 amide bonds. The molecular formula is C19H10BrCl2N7. The Kier molecular flexibility index (Phi) is 4.61. The van der Waals surface area contributed by atoms with Crippen LogP contribution in [0.15, 0.2) is 58.5 Å². The van der Waals surface area contributed by atoms with Gasteiger partial charge in [0, 0.05) is 22.4 Å². The first-order valence-electron chi connectivity index (χ1n) is 8.50. The molecule has 0 atom stereocenters. The van der Waals surface area contributed by atoms with Crippen LogP contribution in [0.1, 0.15) is 17.1 Å². The molecule has 1 aliphatic rings. The summed E-state index contributed by atoms with van der Waals surface area (Å²) in [5.41, 5.74) is 3.25. The van der Waals surface area contributed by atoms with Crippen molar-refractivity contribution < 1.29 is 0 Å². The van der Waals surface area contributed by atoms with Crippen LogP contribution in [0.4, 0.5) is 0 Å². The SMILES string of the molecule is Clc1cccnc1C1=NCc2nnc(-c3ccncn3)n2-c2ccc(Br)c(Cl)c21. The average Bonchev–Trinajstić information content (AvgIpc) is 3.09. The highest BCUT2D eigenvalue weighted by Gasteiger charge is 2.28. The first kappa shape index (κ1) is 18.4. The highest BCUT2D eigenvalue weighted by Crippen LogP contribution is 2.37. The predicted octanol–water partition coefficient (Wildman–Crippen LogP) is 4.54. The second kappa shape index (κ2) is 7.29. The third kappa shape index (κ3) is 3.04. The van der Waals surface area contributed by atoms with Crippen LogP contribution in [0, 0.1) is 0 Å². The first-order valence-corrected chi connectivity index (χ1v) is 10.0. The molecule has 3 aromatic heterocycles. The van der Waals surface area contributed by atoms with Gasteiger partial charge in [0.05, 0.1) is 21.4 Å². The summed E-state index contributed by atoms with van der Waals surface area (Å²) in [6.07, 6.45) is 4.80. The summed E-state index contributed by atoms with van der Waals surface area (Å²) in [5, 5.41) is 9.65. The van der Waals surface area contributed by atoms with Gasteiger partial charge in [-0.25, -0.2) is 9.97 Å². The molecule has 0 spiro atoms. The fourth-order valence-electron chi connectivity index (χ4n) is 3.20. The maximum Gasteiger partial charge on any atom is 0.187 e. The molecule has 0 radical (unpaired) electrons. The van der Waals surface area contributed by atoms with E-state index in [0.717, 1.165) is 10.2 Å². The Morgan fingerprint density at radius 2 is 1.90 bits per heavy atom. The molecule has 29 heavy (non-hydrogen) atoms. The molecule has 0 bridgehead atoms. The number of hydrogen-bond donors (Lipinski definition) is 0. The molecule has 0 N–H and O–H groups in total. The minimum absolute atomic E-state index is 0.281. The van der Waals surface area contributed by atoms with E-state index in [1.807, 2.05) is 16.7 Å². The Bertz CT molecular complexity index is 1270. The van der Waals surface area contributed by atoms with Crippen molar-refractivity contribution in [1.82, 2.24) is 29.7 Å². The zero-order valence-electron chi connectivity index (χ0n) is 14.6.